The number of benzene rings is 1. The fourth-order valence-corrected chi connectivity index (χ4v) is 0.846. The van der Waals surface area contributed by atoms with Crippen LogP contribution in [0.2, 0.25) is 0 Å². The topological polar surface area (TPSA) is 60.4 Å². The molecule has 0 aliphatic heterocycles. The van der Waals surface area contributed by atoms with E-state index in [1.54, 1.807) is 0 Å². The Morgan fingerprint density at radius 2 is 2.08 bits per heavy atom. The Balaban J connectivity index is 0.00000121. The van der Waals surface area contributed by atoms with E-state index in [2.05, 4.69) is 0 Å². The zero-order chi connectivity index (χ0) is 8.43. The molecule has 0 heterocycles. The molecule has 0 amide bonds. The Hall–Kier alpha value is -0.510. The van der Waals surface area contributed by atoms with Crippen LogP contribution < -0.4 is 34.7 Å². The largest absolute Gasteiger partial charge is 1.00 e. The van der Waals surface area contributed by atoms with Crippen LogP contribution in [0.3, 0.4) is 0 Å². The molecule has 1 aromatic carbocycles. The van der Waals surface area contributed by atoms with Gasteiger partial charge in [-0.05, 0) is 18.6 Å². The number of aromatic carboxylic acids is 1. The average molecular weight is 174 g/mol. The summed E-state index contributed by atoms with van der Waals surface area (Å²) >= 11 is 0. The van der Waals surface area contributed by atoms with Gasteiger partial charge in [0, 0.05) is 0 Å². The molecule has 0 aromatic heterocycles. The number of rotatable bonds is 1. The molecule has 0 aliphatic carbocycles. The second-order valence-electron chi connectivity index (χ2n) is 2.23. The van der Waals surface area contributed by atoms with Crippen molar-refractivity contribution >= 4 is 5.97 Å². The van der Waals surface area contributed by atoms with E-state index in [-0.39, 0.29) is 40.9 Å². The molecule has 0 spiro atoms. The van der Waals surface area contributed by atoms with Gasteiger partial charge in [0.05, 0.1) is 5.56 Å². The van der Waals surface area contributed by atoms with E-state index in [1.807, 2.05) is 0 Å². The van der Waals surface area contributed by atoms with Gasteiger partial charge in [-0.3, -0.25) is 0 Å². The minimum atomic E-state index is -1.06. The number of hydrogen-bond acceptors (Lipinski definition) is 2. The molecule has 0 aliphatic rings. The third-order valence-electron chi connectivity index (χ3n) is 1.51. The molecule has 0 saturated carbocycles. The zero-order valence-corrected chi connectivity index (χ0v) is 9.00. The fourth-order valence-electron chi connectivity index (χ4n) is 0.846. The van der Waals surface area contributed by atoms with Crippen LogP contribution in [0.5, 0.6) is 5.75 Å². The van der Waals surface area contributed by atoms with E-state index in [4.69, 9.17) is 5.11 Å². The van der Waals surface area contributed by atoms with Crippen molar-refractivity contribution in [2.24, 2.45) is 0 Å². The summed E-state index contributed by atoms with van der Waals surface area (Å²) in [4.78, 5) is 10.4. The SMILES string of the molecule is Cc1c([O-])cccc1C(=O)O.[Na+]. The quantitative estimate of drug-likeness (QED) is 0.490. The molecule has 0 bridgehead atoms. The first-order valence-electron chi connectivity index (χ1n) is 3.13. The zero-order valence-electron chi connectivity index (χ0n) is 7.00. The number of hydrogen-bond donors (Lipinski definition) is 1. The predicted molar refractivity (Wildman–Crippen MR) is 37.6 cm³/mol. The van der Waals surface area contributed by atoms with E-state index in [0.29, 0.717) is 5.56 Å². The predicted octanol–water partition coefficient (Wildman–Crippen LogP) is -2.23. The number of carboxylic acid groups (broad SMARTS) is 1. The van der Waals surface area contributed by atoms with Crippen LogP contribution in [0.1, 0.15) is 15.9 Å². The second-order valence-corrected chi connectivity index (χ2v) is 2.23. The van der Waals surface area contributed by atoms with Crippen molar-refractivity contribution in [3.63, 3.8) is 0 Å². The molecule has 0 saturated heterocycles. The number of carboxylic acids is 1. The molecule has 0 fully saturated rings. The van der Waals surface area contributed by atoms with Crippen molar-refractivity contribution in [2.45, 2.75) is 6.92 Å². The van der Waals surface area contributed by atoms with Crippen LogP contribution >= 0.6 is 0 Å². The van der Waals surface area contributed by atoms with Crippen LogP contribution in [0.15, 0.2) is 18.2 Å². The van der Waals surface area contributed by atoms with Crippen molar-refractivity contribution in [3.05, 3.63) is 29.3 Å². The Bertz CT molecular complexity index is 296. The molecule has 3 nitrogen and oxygen atoms in total. The van der Waals surface area contributed by atoms with Crippen molar-refractivity contribution in [1.82, 2.24) is 0 Å². The smallest absolute Gasteiger partial charge is 0.872 e. The average Bonchev–Trinajstić information content (AvgIpc) is 1.94. The summed E-state index contributed by atoms with van der Waals surface area (Å²) in [7, 11) is 0. The second kappa shape index (κ2) is 4.50. The van der Waals surface area contributed by atoms with E-state index in [0.717, 1.165) is 0 Å². The van der Waals surface area contributed by atoms with Crippen LogP contribution in [-0.4, -0.2) is 11.1 Å². The summed E-state index contributed by atoms with van der Waals surface area (Å²) in [5, 5.41) is 19.4. The maximum Gasteiger partial charge on any atom is 1.00 e. The number of carbonyl (C=O) groups is 1. The Morgan fingerprint density at radius 3 is 2.50 bits per heavy atom. The summed E-state index contributed by atoms with van der Waals surface area (Å²) < 4.78 is 0. The van der Waals surface area contributed by atoms with Gasteiger partial charge >= 0.3 is 35.5 Å². The Kier molecular flexibility index (Phi) is 4.31. The van der Waals surface area contributed by atoms with E-state index in [9.17, 15) is 9.90 Å². The Labute approximate surface area is 92.3 Å². The van der Waals surface area contributed by atoms with Crippen LogP contribution in [0.4, 0.5) is 0 Å². The van der Waals surface area contributed by atoms with Gasteiger partial charge in [0.2, 0.25) is 0 Å². The van der Waals surface area contributed by atoms with Gasteiger partial charge in [0.25, 0.3) is 0 Å². The van der Waals surface area contributed by atoms with Gasteiger partial charge in [0.1, 0.15) is 0 Å². The molecule has 0 radical (unpaired) electrons. The molecule has 12 heavy (non-hydrogen) atoms. The molecule has 1 aromatic rings. The maximum atomic E-state index is 10.9. The minimum absolute atomic E-state index is 0. The molecule has 0 atom stereocenters. The summed E-state index contributed by atoms with van der Waals surface area (Å²) in [5.41, 5.74) is 0.373. The molecule has 1 N–H and O–H groups in total. The normalized spacial score (nSPS) is 8.75. The van der Waals surface area contributed by atoms with E-state index >= 15 is 0 Å². The van der Waals surface area contributed by atoms with Gasteiger partial charge in [-0.15, -0.1) is 5.75 Å². The first kappa shape index (κ1) is 11.5. The van der Waals surface area contributed by atoms with Gasteiger partial charge in [-0.2, -0.15) is 0 Å². The van der Waals surface area contributed by atoms with Gasteiger partial charge in [-0.1, -0.05) is 12.1 Å². The Morgan fingerprint density at radius 1 is 1.50 bits per heavy atom. The molecule has 4 heteroatoms. The van der Waals surface area contributed by atoms with Crippen LogP contribution in [0.25, 0.3) is 0 Å². The van der Waals surface area contributed by atoms with Crippen LogP contribution in [0, 0.1) is 6.92 Å². The van der Waals surface area contributed by atoms with Crippen molar-refractivity contribution < 1.29 is 44.6 Å². The molecule has 1 rings (SSSR count). The van der Waals surface area contributed by atoms with Crippen molar-refractivity contribution in [1.29, 1.82) is 0 Å². The summed E-state index contributed by atoms with van der Waals surface area (Å²) in [5.74, 6) is -1.29. The summed E-state index contributed by atoms with van der Waals surface area (Å²) in [6.07, 6.45) is 0. The first-order chi connectivity index (χ1) is 5.13. The van der Waals surface area contributed by atoms with E-state index < -0.39 is 5.97 Å². The van der Waals surface area contributed by atoms with Gasteiger partial charge in [0.15, 0.2) is 0 Å². The molecular formula is C8H7NaO3. The molecular weight excluding hydrogens is 167 g/mol. The van der Waals surface area contributed by atoms with Gasteiger partial charge in [-0.25, -0.2) is 4.79 Å². The monoisotopic (exact) mass is 174 g/mol. The van der Waals surface area contributed by atoms with Crippen LogP contribution in [-0.2, 0) is 0 Å². The first-order valence-corrected chi connectivity index (χ1v) is 3.13. The summed E-state index contributed by atoms with van der Waals surface area (Å²) in [6, 6.07) is 4.21. The van der Waals surface area contributed by atoms with E-state index in [1.165, 1.54) is 25.1 Å². The summed E-state index contributed by atoms with van der Waals surface area (Å²) in [6.45, 7) is 1.51. The van der Waals surface area contributed by atoms with Crippen molar-refractivity contribution in [2.75, 3.05) is 0 Å². The standard InChI is InChI=1S/C8H8O3.Na/c1-5-6(8(10)11)3-2-4-7(5)9;/h2-4,9H,1H3,(H,10,11);/q;+1/p-1. The third-order valence-corrected chi connectivity index (χ3v) is 1.51. The molecule has 58 valence electrons. The van der Waals surface area contributed by atoms with Gasteiger partial charge < -0.3 is 10.2 Å². The molecule has 0 unspecified atom stereocenters. The van der Waals surface area contributed by atoms with Crippen molar-refractivity contribution in [3.8, 4) is 5.75 Å². The third kappa shape index (κ3) is 2.24. The minimum Gasteiger partial charge on any atom is -0.872 e. The fraction of sp³-hybridized carbons (Fsp3) is 0.125. The maximum absolute atomic E-state index is 10.9.